The number of benzene rings is 1. The molecule has 0 amide bonds. The van der Waals surface area contributed by atoms with Gasteiger partial charge in [0, 0.05) is 29.2 Å². The van der Waals surface area contributed by atoms with Crippen LogP contribution in [0.3, 0.4) is 0 Å². The Morgan fingerprint density at radius 3 is 2.58 bits per heavy atom. The largest absolute Gasteiger partial charge is 0.384 e. The maximum atomic E-state index is 5.92. The third-order valence-electron chi connectivity index (χ3n) is 3.27. The Morgan fingerprint density at radius 1 is 1.11 bits per heavy atom. The van der Waals surface area contributed by atoms with Crippen LogP contribution in [0.4, 0.5) is 11.8 Å². The van der Waals surface area contributed by atoms with E-state index in [4.69, 9.17) is 5.73 Å². The highest BCUT2D eigenvalue weighted by molar-refractivity contribution is 9.10. The minimum atomic E-state index is 0.516. The van der Waals surface area contributed by atoms with Crippen molar-refractivity contribution in [2.75, 3.05) is 23.7 Å². The second kappa shape index (κ2) is 5.17. The molecule has 1 saturated heterocycles. The molecule has 19 heavy (non-hydrogen) atoms. The second-order valence-corrected chi connectivity index (χ2v) is 5.51. The predicted octanol–water partition coefficient (Wildman–Crippen LogP) is 3.09. The Bertz CT molecular complexity index is 594. The van der Waals surface area contributed by atoms with Crippen molar-refractivity contribution in [2.24, 2.45) is 0 Å². The topological polar surface area (TPSA) is 55.0 Å². The zero-order valence-electron chi connectivity index (χ0n) is 10.5. The van der Waals surface area contributed by atoms with Crippen molar-refractivity contribution in [1.82, 2.24) is 9.97 Å². The SMILES string of the molecule is Nc1cc(-c2ccccc2Br)nc(N2CCCC2)n1. The van der Waals surface area contributed by atoms with Crippen LogP contribution in [0.25, 0.3) is 11.3 Å². The Kier molecular flexibility index (Phi) is 3.38. The quantitative estimate of drug-likeness (QED) is 0.924. The third-order valence-corrected chi connectivity index (χ3v) is 3.96. The number of aromatic nitrogens is 2. The van der Waals surface area contributed by atoms with E-state index in [1.54, 1.807) is 0 Å². The number of halogens is 1. The molecule has 2 N–H and O–H groups in total. The van der Waals surface area contributed by atoms with Gasteiger partial charge in [-0.3, -0.25) is 0 Å². The molecule has 2 aromatic rings. The molecule has 1 aromatic heterocycles. The highest BCUT2D eigenvalue weighted by Crippen LogP contribution is 2.29. The number of hydrogen-bond donors (Lipinski definition) is 1. The molecule has 1 fully saturated rings. The van der Waals surface area contributed by atoms with Crippen molar-refractivity contribution in [1.29, 1.82) is 0 Å². The van der Waals surface area contributed by atoms with Gasteiger partial charge in [-0.15, -0.1) is 0 Å². The van der Waals surface area contributed by atoms with Crippen molar-refractivity contribution >= 4 is 27.7 Å². The lowest BCUT2D eigenvalue weighted by atomic mass is 10.1. The van der Waals surface area contributed by atoms with Crippen molar-refractivity contribution in [2.45, 2.75) is 12.8 Å². The fourth-order valence-electron chi connectivity index (χ4n) is 2.32. The fraction of sp³-hybridized carbons (Fsp3) is 0.286. The Morgan fingerprint density at radius 2 is 1.84 bits per heavy atom. The summed E-state index contributed by atoms with van der Waals surface area (Å²) in [7, 11) is 0. The summed E-state index contributed by atoms with van der Waals surface area (Å²) >= 11 is 3.55. The third kappa shape index (κ3) is 2.56. The first-order valence-corrected chi connectivity index (χ1v) is 7.18. The summed E-state index contributed by atoms with van der Waals surface area (Å²) in [5, 5.41) is 0. The van der Waals surface area contributed by atoms with Crippen molar-refractivity contribution in [3.8, 4) is 11.3 Å². The fourth-order valence-corrected chi connectivity index (χ4v) is 2.81. The highest BCUT2D eigenvalue weighted by atomic mass is 79.9. The van der Waals surface area contributed by atoms with Gasteiger partial charge in [0.15, 0.2) is 0 Å². The van der Waals surface area contributed by atoms with Gasteiger partial charge in [-0.05, 0) is 18.9 Å². The molecule has 0 atom stereocenters. The number of rotatable bonds is 2. The molecule has 1 aliphatic heterocycles. The van der Waals surface area contributed by atoms with Crippen LogP contribution in [-0.2, 0) is 0 Å². The van der Waals surface area contributed by atoms with E-state index in [9.17, 15) is 0 Å². The van der Waals surface area contributed by atoms with Crippen LogP contribution in [0.5, 0.6) is 0 Å². The molecular formula is C14H15BrN4. The lowest BCUT2D eigenvalue weighted by molar-refractivity contribution is 0.902. The molecule has 0 aliphatic carbocycles. The Balaban J connectivity index is 2.04. The first-order valence-electron chi connectivity index (χ1n) is 6.38. The molecular weight excluding hydrogens is 304 g/mol. The molecule has 3 rings (SSSR count). The average molecular weight is 319 g/mol. The first kappa shape index (κ1) is 12.4. The molecule has 0 saturated carbocycles. The summed E-state index contributed by atoms with van der Waals surface area (Å²) in [6, 6.07) is 9.83. The molecule has 1 aliphatic rings. The van der Waals surface area contributed by atoms with E-state index in [2.05, 4.69) is 30.8 Å². The van der Waals surface area contributed by atoms with E-state index in [1.165, 1.54) is 12.8 Å². The average Bonchev–Trinajstić information content (AvgIpc) is 2.92. The highest BCUT2D eigenvalue weighted by Gasteiger charge is 2.17. The van der Waals surface area contributed by atoms with E-state index in [0.717, 1.165) is 34.8 Å². The minimum absolute atomic E-state index is 0.516. The van der Waals surface area contributed by atoms with Crippen molar-refractivity contribution in [3.63, 3.8) is 0 Å². The van der Waals surface area contributed by atoms with Gasteiger partial charge < -0.3 is 10.6 Å². The predicted molar refractivity (Wildman–Crippen MR) is 81.0 cm³/mol. The summed E-state index contributed by atoms with van der Waals surface area (Å²) in [6.45, 7) is 2.03. The molecule has 2 heterocycles. The van der Waals surface area contributed by atoms with E-state index in [0.29, 0.717) is 5.82 Å². The first-order chi connectivity index (χ1) is 9.24. The van der Waals surface area contributed by atoms with Crippen molar-refractivity contribution in [3.05, 3.63) is 34.8 Å². The van der Waals surface area contributed by atoms with Gasteiger partial charge in [0.25, 0.3) is 0 Å². The summed E-state index contributed by atoms with van der Waals surface area (Å²) in [4.78, 5) is 11.2. The molecule has 0 radical (unpaired) electrons. The van der Waals surface area contributed by atoms with Crippen LogP contribution in [0.15, 0.2) is 34.8 Å². The maximum Gasteiger partial charge on any atom is 0.227 e. The smallest absolute Gasteiger partial charge is 0.227 e. The van der Waals surface area contributed by atoms with Crippen LogP contribution in [0.1, 0.15) is 12.8 Å². The molecule has 4 nitrogen and oxygen atoms in total. The monoisotopic (exact) mass is 318 g/mol. The number of nitrogens with two attached hydrogens (primary N) is 1. The van der Waals surface area contributed by atoms with Gasteiger partial charge >= 0.3 is 0 Å². The molecule has 98 valence electrons. The van der Waals surface area contributed by atoms with Crippen molar-refractivity contribution < 1.29 is 0 Å². The van der Waals surface area contributed by atoms with Crippen LogP contribution in [-0.4, -0.2) is 23.1 Å². The number of nitrogens with zero attached hydrogens (tertiary/aromatic N) is 3. The van der Waals surface area contributed by atoms with Crippen LogP contribution in [0, 0.1) is 0 Å². The summed E-state index contributed by atoms with van der Waals surface area (Å²) in [5.74, 6) is 1.26. The summed E-state index contributed by atoms with van der Waals surface area (Å²) < 4.78 is 1.01. The van der Waals surface area contributed by atoms with Gasteiger partial charge in [0.2, 0.25) is 5.95 Å². The van der Waals surface area contributed by atoms with Gasteiger partial charge in [0.1, 0.15) is 5.82 Å². The van der Waals surface area contributed by atoms with E-state index < -0.39 is 0 Å². The Hall–Kier alpha value is -1.62. The zero-order valence-corrected chi connectivity index (χ0v) is 12.1. The normalized spacial score (nSPS) is 14.9. The lowest BCUT2D eigenvalue weighted by Gasteiger charge is -2.16. The lowest BCUT2D eigenvalue weighted by Crippen LogP contribution is -2.21. The second-order valence-electron chi connectivity index (χ2n) is 4.65. The number of anilines is 2. The van der Waals surface area contributed by atoms with Crippen LogP contribution < -0.4 is 10.6 Å². The summed E-state index contributed by atoms with van der Waals surface area (Å²) in [6.07, 6.45) is 2.39. The van der Waals surface area contributed by atoms with Crippen LogP contribution >= 0.6 is 15.9 Å². The minimum Gasteiger partial charge on any atom is -0.384 e. The van der Waals surface area contributed by atoms with Gasteiger partial charge in [-0.25, -0.2) is 4.98 Å². The molecule has 0 unspecified atom stereocenters. The van der Waals surface area contributed by atoms with Crippen LogP contribution in [0.2, 0.25) is 0 Å². The zero-order chi connectivity index (χ0) is 13.2. The van der Waals surface area contributed by atoms with E-state index >= 15 is 0 Å². The van der Waals surface area contributed by atoms with Gasteiger partial charge in [0.05, 0.1) is 5.69 Å². The molecule has 5 heteroatoms. The van der Waals surface area contributed by atoms with Gasteiger partial charge in [-0.2, -0.15) is 4.98 Å². The van der Waals surface area contributed by atoms with Gasteiger partial charge in [-0.1, -0.05) is 34.1 Å². The maximum absolute atomic E-state index is 5.92. The number of hydrogen-bond acceptors (Lipinski definition) is 4. The summed E-state index contributed by atoms with van der Waals surface area (Å²) in [5.41, 5.74) is 7.82. The standard InChI is InChI=1S/C14H15BrN4/c15-11-6-2-1-5-10(11)12-9-13(16)18-14(17-12)19-7-3-4-8-19/h1-2,5-6,9H,3-4,7-8H2,(H2,16,17,18). The molecule has 1 aromatic carbocycles. The van der Waals surface area contributed by atoms with E-state index in [-0.39, 0.29) is 0 Å². The van der Waals surface area contributed by atoms with E-state index in [1.807, 2.05) is 30.3 Å². The number of nitrogen functional groups attached to an aromatic ring is 1. The Labute approximate surface area is 120 Å². The molecule has 0 spiro atoms. The molecule has 0 bridgehead atoms.